The smallest absolute Gasteiger partial charge is 0.258 e. The molecule has 3 nitrogen and oxygen atoms in total. The van der Waals surface area contributed by atoms with Gasteiger partial charge in [0.2, 0.25) is 0 Å². The van der Waals surface area contributed by atoms with Gasteiger partial charge >= 0.3 is 0 Å². The number of para-hydroxylation sites is 1. The molecule has 0 unspecified atom stereocenters. The van der Waals surface area contributed by atoms with Crippen molar-refractivity contribution in [2.75, 3.05) is 0 Å². The second-order valence-corrected chi connectivity index (χ2v) is 5.67. The fourth-order valence-electron chi connectivity index (χ4n) is 1.91. The lowest BCUT2D eigenvalue weighted by Gasteiger charge is -2.04. The quantitative estimate of drug-likeness (QED) is 0.747. The number of benzene rings is 2. The minimum Gasteiger partial charge on any atom is -0.309 e. The minimum absolute atomic E-state index is 0.106. The van der Waals surface area contributed by atoms with Crippen molar-refractivity contribution in [1.82, 2.24) is 9.97 Å². The van der Waals surface area contributed by atoms with Crippen LogP contribution in [0, 0.1) is 0 Å². The van der Waals surface area contributed by atoms with Crippen LogP contribution in [0.4, 0.5) is 0 Å². The third-order valence-electron chi connectivity index (χ3n) is 2.86. The van der Waals surface area contributed by atoms with E-state index in [2.05, 4.69) is 9.97 Å². The Morgan fingerprint density at radius 1 is 1.10 bits per heavy atom. The predicted molar refractivity (Wildman–Crippen MR) is 83.4 cm³/mol. The molecule has 0 bridgehead atoms. The van der Waals surface area contributed by atoms with Crippen LogP contribution < -0.4 is 5.56 Å². The van der Waals surface area contributed by atoms with Crippen LogP contribution in [0.5, 0.6) is 0 Å². The summed E-state index contributed by atoms with van der Waals surface area (Å²) in [6.07, 6.45) is 0. The number of fused-ring (bicyclic) bond motifs is 1. The Bertz CT molecular complexity index is 816. The van der Waals surface area contributed by atoms with Crippen molar-refractivity contribution >= 4 is 34.3 Å². The fourth-order valence-corrected chi connectivity index (χ4v) is 3.02. The Kier molecular flexibility index (Phi) is 3.76. The molecule has 1 N–H and O–H groups in total. The van der Waals surface area contributed by atoms with Crippen molar-refractivity contribution < 1.29 is 0 Å². The summed E-state index contributed by atoms with van der Waals surface area (Å²) in [6.45, 7) is 0. The van der Waals surface area contributed by atoms with Crippen LogP contribution in [0.25, 0.3) is 10.9 Å². The summed E-state index contributed by atoms with van der Waals surface area (Å²) in [7, 11) is 0. The van der Waals surface area contributed by atoms with Crippen LogP contribution in [-0.2, 0) is 5.75 Å². The molecular weight excluding hydrogens is 292 g/mol. The molecule has 100 valence electrons. The van der Waals surface area contributed by atoms with Crippen molar-refractivity contribution in [3.63, 3.8) is 0 Å². The number of H-pyrrole nitrogens is 1. The molecule has 0 fully saturated rings. The molecule has 0 amide bonds. The van der Waals surface area contributed by atoms with Crippen molar-refractivity contribution in [3.05, 3.63) is 69.7 Å². The van der Waals surface area contributed by atoms with Gasteiger partial charge in [0.15, 0.2) is 0 Å². The monoisotopic (exact) mass is 302 g/mol. The Morgan fingerprint density at radius 2 is 1.85 bits per heavy atom. The lowest BCUT2D eigenvalue weighted by atomic mass is 10.2. The standard InChI is InChI=1S/C15H11ClN2OS/c16-11-6-2-4-8-13(11)20-9-14-17-12-7-3-1-5-10(12)15(19)18-14/h1-8H,9H2,(H,17,18,19). The summed E-state index contributed by atoms with van der Waals surface area (Å²) >= 11 is 7.66. The number of thioether (sulfide) groups is 1. The minimum atomic E-state index is -0.106. The van der Waals surface area contributed by atoms with Crippen LogP contribution in [-0.4, -0.2) is 9.97 Å². The van der Waals surface area contributed by atoms with Gasteiger partial charge in [-0.3, -0.25) is 4.79 Å². The van der Waals surface area contributed by atoms with Gasteiger partial charge in [0.1, 0.15) is 5.82 Å². The zero-order valence-corrected chi connectivity index (χ0v) is 12.0. The summed E-state index contributed by atoms with van der Waals surface area (Å²) in [6, 6.07) is 14.9. The van der Waals surface area contributed by atoms with Gasteiger partial charge in [0.25, 0.3) is 5.56 Å². The maximum Gasteiger partial charge on any atom is 0.258 e. The zero-order chi connectivity index (χ0) is 13.9. The Hall–Kier alpha value is -1.78. The molecule has 0 aliphatic heterocycles. The van der Waals surface area contributed by atoms with E-state index in [-0.39, 0.29) is 5.56 Å². The molecule has 3 rings (SSSR count). The highest BCUT2D eigenvalue weighted by molar-refractivity contribution is 7.98. The van der Waals surface area contributed by atoms with E-state index in [1.807, 2.05) is 42.5 Å². The molecule has 0 atom stereocenters. The average Bonchev–Trinajstić information content (AvgIpc) is 2.46. The Morgan fingerprint density at radius 3 is 2.70 bits per heavy atom. The maximum atomic E-state index is 11.9. The third-order valence-corrected chi connectivity index (χ3v) is 4.39. The number of nitrogens with one attached hydrogen (secondary N) is 1. The number of rotatable bonds is 3. The average molecular weight is 303 g/mol. The molecule has 0 spiro atoms. The zero-order valence-electron chi connectivity index (χ0n) is 10.5. The van der Waals surface area contributed by atoms with E-state index >= 15 is 0 Å². The summed E-state index contributed by atoms with van der Waals surface area (Å²) in [5.74, 6) is 1.22. The van der Waals surface area contributed by atoms with E-state index in [4.69, 9.17) is 11.6 Å². The highest BCUT2D eigenvalue weighted by Gasteiger charge is 2.05. The molecule has 1 heterocycles. The van der Waals surface area contributed by atoms with Crippen LogP contribution in [0.3, 0.4) is 0 Å². The van der Waals surface area contributed by atoms with Gasteiger partial charge in [-0.15, -0.1) is 11.8 Å². The first-order valence-electron chi connectivity index (χ1n) is 6.09. The van der Waals surface area contributed by atoms with Gasteiger partial charge in [0, 0.05) is 4.90 Å². The highest BCUT2D eigenvalue weighted by Crippen LogP contribution is 2.28. The molecule has 0 saturated heterocycles. The maximum absolute atomic E-state index is 11.9. The van der Waals surface area contributed by atoms with E-state index in [1.54, 1.807) is 17.8 Å². The van der Waals surface area contributed by atoms with Gasteiger partial charge in [-0.1, -0.05) is 35.9 Å². The first-order chi connectivity index (χ1) is 9.74. The molecule has 20 heavy (non-hydrogen) atoms. The van der Waals surface area contributed by atoms with E-state index in [1.165, 1.54) is 0 Å². The molecule has 0 aliphatic rings. The van der Waals surface area contributed by atoms with E-state index in [0.717, 1.165) is 4.90 Å². The van der Waals surface area contributed by atoms with E-state index < -0.39 is 0 Å². The third kappa shape index (κ3) is 2.71. The number of halogens is 1. The fraction of sp³-hybridized carbons (Fsp3) is 0.0667. The SMILES string of the molecule is O=c1[nH]c(CSc2ccccc2Cl)nc2ccccc12. The lowest BCUT2D eigenvalue weighted by Crippen LogP contribution is -2.11. The number of hydrogen-bond donors (Lipinski definition) is 1. The van der Waals surface area contributed by atoms with Crippen molar-refractivity contribution in [3.8, 4) is 0 Å². The normalized spacial score (nSPS) is 10.8. The van der Waals surface area contributed by atoms with Gasteiger partial charge in [-0.2, -0.15) is 0 Å². The van der Waals surface area contributed by atoms with Crippen molar-refractivity contribution in [2.24, 2.45) is 0 Å². The molecule has 1 aromatic heterocycles. The number of aromatic amines is 1. The number of nitrogens with zero attached hydrogens (tertiary/aromatic N) is 1. The molecule has 2 aromatic carbocycles. The van der Waals surface area contributed by atoms with Crippen LogP contribution in [0.2, 0.25) is 5.02 Å². The molecule has 0 aliphatic carbocycles. The van der Waals surface area contributed by atoms with Gasteiger partial charge in [-0.05, 0) is 24.3 Å². The second kappa shape index (κ2) is 5.69. The summed E-state index contributed by atoms with van der Waals surface area (Å²) in [4.78, 5) is 20.2. The van der Waals surface area contributed by atoms with E-state index in [0.29, 0.717) is 27.5 Å². The first kappa shape index (κ1) is 13.2. The van der Waals surface area contributed by atoms with Crippen LogP contribution in [0.15, 0.2) is 58.2 Å². The number of hydrogen-bond acceptors (Lipinski definition) is 3. The van der Waals surface area contributed by atoms with Crippen LogP contribution >= 0.6 is 23.4 Å². The molecule has 3 aromatic rings. The number of aromatic nitrogens is 2. The predicted octanol–water partition coefficient (Wildman–Crippen LogP) is 3.87. The van der Waals surface area contributed by atoms with Gasteiger partial charge in [0.05, 0.1) is 21.7 Å². The van der Waals surface area contributed by atoms with E-state index in [9.17, 15) is 4.79 Å². The highest BCUT2D eigenvalue weighted by atomic mass is 35.5. The Balaban J connectivity index is 1.88. The molecule has 5 heteroatoms. The first-order valence-corrected chi connectivity index (χ1v) is 7.45. The molecular formula is C15H11ClN2OS. The largest absolute Gasteiger partial charge is 0.309 e. The lowest BCUT2D eigenvalue weighted by molar-refractivity contribution is 1.04. The summed E-state index contributed by atoms with van der Waals surface area (Å²) in [5, 5.41) is 1.32. The summed E-state index contributed by atoms with van der Waals surface area (Å²) in [5.41, 5.74) is 0.608. The summed E-state index contributed by atoms with van der Waals surface area (Å²) < 4.78 is 0. The van der Waals surface area contributed by atoms with Gasteiger partial charge < -0.3 is 4.98 Å². The second-order valence-electron chi connectivity index (χ2n) is 4.25. The topological polar surface area (TPSA) is 45.8 Å². The van der Waals surface area contributed by atoms with Crippen molar-refractivity contribution in [1.29, 1.82) is 0 Å². The molecule has 0 radical (unpaired) electrons. The van der Waals surface area contributed by atoms with Crippen molar-refractivity contribution in [2.45, 2.75) is 10.6 Å². The van der Waals surface area contributed by atoms with Crippen LogP contribution in [0.1, 0.15) is 5.82 Å². The van der Waals surface area contributed by atoms with Gasteiger partial charge in [-0.25, -0.2) is 4.98 Å². The Labute approximate surface area is 125 Å². The molecule has 0 saturated carbocycles.